The molecule has 3 aromatic rings. The van der Waals surface area contributed by atoms with Crippen molar-refractivity contribution in [3.63, 3.8) is 0 Å². The Labute approximate surface area is 172 Å². The van der Waals surface area contributed by atoms with Crippen molar-refractivity contribution < 1.29 is 14.0 Å². The van der Waals surface area contributed by atoms with Gasteiger partial charge in [-0.05, 0) is 30.7 Å². The van der Waals surface area contributed by atoms with Crippen LogP contribution in [0, 0.1) is 5.82 Å². The zero-order chi connectivity index (χ0) is 21.1. The van der Waals surface area contributed by atoms with Crippen molar-refractivity contribution in [1.29, 1.82) is 0 Å². The molecule has 1 aliphatic rings. The Morgan fingerprint density at radius 1 is 0.933 bits per heavy atom. The van der Waals surface area contributed by atoms with Crippen LogP contribution in [-0.4, -0.2) is 57.3 Å². The quantitative estimate of drug-likeness (QED) is 0.664. The Morgan fingerprint density at radius 3 is 2.47 bits per heavy atom. The van der Waals surface area contributed by atoms with Crippen LogP contribution in [0.25, 0.3) is 10.9 Å². The molecule has 2 aromatic carbocycles. The van der Waals surface area contributed by atoms with Crippen molar-refractivity contribution in [3.8, 4) is 0 Å². The van der Waals surface area contributed by atoms with E-state index in [0.29, 0.717) is 43.5 Å². The van der Waals surface area contributed by atoms with Gasteiger partial charge in [0.1, 0.15) is 12.4 Å². The maximum atomic E-state index is 13.9. The van der Waals surface area contributed by atoms with E-state index in [4.69, 9.17) is 0 Å². The molecule has 0 aliphatic carbocycles. The molecule has 1 saturated heterocycles. The van der Waals surface area contributed by atoms with E-state index in [1.165, 1.54) is 23.0 Å². The monoisotopic (exact) mass is 408 g/mol. The van der Waals surface area contributed by atoms with E-state index in [0.717, 1.165) is 0 Å². The largest absolute Gasteiger partial charge is 0.339 e. The first-order valence-corrected chi connectivity index (χ1v) is 9.80. The van der Waals surface area contributed by atoms with E-state index in [1.807, 2.05) is 0 Å². The van der Waals surface area contributed by atoms with Crippen LogP contribution < -0.4 is 5.56 Å². The van der Waals surface area contributed by atoms with Crippen molar-refractivity contribution in [1.82, 2.24) is 19.4 Å². The number of rotatable bonds is 3. The summed E-state index contributed by atoms with van der Waals surface area (Å²) in [4.78, 5) is 45.5. The topological polar surface area (TPSA) is 75.5 Å². The third-order valence-corrected chi connectivity index (χ3v) is 5.28. The molecule has 2 heterocycles. The second-order valence-corrected chi connectivity index (χ2v) is 7.20. The molecule has 0 atom stereocenters. The van der Waals surface area contributed by atoms with Gasteiger partial charge in [-0.3, -0.25) is 19.0 Å². The highest BCUT2D eigenvalue weighted by Gasteiger charge is 2.24. The maximum absolute atomic E-state index is 13.9. The first-order chi connectivity index (χ1) is 14.5. The molecule has 0 bridgehead atoms. The SMILES string of the molecule is O=C(Cn1cnc2ccccc2c1=O)N1CCCN(C(=O)c2ccccc2F)CC1. The predicted octanol–water partition coefficient (Wildman–Crippen LogP) is 1.91. The molecule has 8 heteroatoms. The minimum absolute atomic E-state index is 0.0334. The standard InChI is InChI=1S/C22H21FN4O3/c23-18-8-3-1-6-16(18)21(29)26-11-5-10-25(12-13-26)20(28)14-27-15-24-19-9-4-2-7-17(19)22(27)30/h1-4,6-9,15H,5,10-14H2. The molecule has 1 aliphatic heterocycles. The Bertz CT molecular complexity index is 1160. The van der Waals surface area contributed by atoms with Crippen LogP contribution in [0.5, 0.6) is 0 Å². The van der Waals surface area contributed by atoms with Gasteiger partial charge in [0, 0.05) is 26.2 Å². The lowest BCUT2D eigenvalue weighted by Crippen LogP contribution is -2.40. The molecule has 7 nitrogen and oxygen atoms in total. The number of para-hydroxylation sites is 1. The number of hydrogen-bond donors (Lipinski definition) is 0. The average molecular weight is 408 g/mol. The van der Waals surface area contributed by atoms with Crippen LogP contribution in [0.4, 0.5) is 4.39 Å². The Morgan fingerprint density at radius 2 is 1.63 bits per heavy atom. The molecule has 0 saturated carbocycles. The summed E-state index contributed by atoms with van der Waals surface area (Å²) in [5, 5.41) is 0.463. The zero-order valence-corrected chi connectivity index (χ0v) is 16.3. The number of benzene rings is 2. The second kappa shape index (κ2) is 8.44. The van der Waals surface area contributed by atoms with Gasteiger partial charge in [0.15, 0.2) is 0 Å². The third-order valence-electron chi connectivity index (χ3n) is 5.28. The number of nitrogens with zero attached hydrogens (tertiary/aromatic N) is 4. The van der Waals surface area contributed by atoms with Crippen LogP contribution in [-0.2, 0) is 11.3 Å². The van der Waals surface area contributed by atoms with Gasteiger partial charge in [-0.25, -0.2) is 9.37 Å². The van der Waals surface area contributed by atoms with Gasteiger partial charge in [-0.2, -0.15) is 0 Å². The summed E-state index contributed by atoms with van der Waals surface area (Å²) in [5.74, 6) is -1.14. The molecule has 0 spiro atoms. The third kappa shape index (κ3) is 3.94. The van der Waals surface area contributed by atoms with E-state index in [2.05, 4.69) is 4.98 Å². The van der Waals surface area contributed by atoms with Gasteiger partial charge in [0.25, 0.3) is 11.5 Å². The molecule has 4 rings (SSSR count). The molecular weight excluding hydrogens is 387 g/mol. The number of carbonyl (C=O) groups excluding carboxylic acids is 2. The molecule has 154 valence electrons. The lowest BCUT2D eigenvalue weighted by molar-refractivity contribution is -0.131. The fourth-order valence-corrected chi connectivity index (χ4v) is 3.64. The summed E-state index contributed by atoms with van der Waals surface area (Å²) in [6.45, 7) is 1.43. The molecular formula is C22H21FN4O3. The van der Waals surface area contributed by atoms with Gasteiger partial charge in [-0.1, -0.05) is 24.3 Å². The molecule has 0 unspecified atom stereocenters. The first kappa shape index (κ1) is 19.8. The summed E-state index contributed by atoms with van der Waals surface area (Å²) >= 11 is 0. The van der Waals surface area contributed by atoms with Gasteiger partial charge in [-0.15, -0.1) is 0 Å². The highest BCUT2D eigenvalue weighted by Crippen LogP contribution is 2.13. The van der Waals surface area contributed by atoms with Crippen molar-refractivity contribution >= 4 is 22.7 Å². The van der Waals surface area contributed by atoms with Crippen LogP contribution in [0.15, 0.2) is 59.7 Å². The number of hydrogen-bond acceptors (Lipinski definition) is 4. The van der Waals surface area contributed by atoms with E-state index in [1.54, 1.807) is 46.2 Å². The lowest BCUT2D eigenvalue weighted by atomic mass is 10.2. The summed E-state index contributed by atoms with van der Waals surface area (Å²) in [7, 11) is 0. The number of carbonyl (C=O) groups is 2. The summed E-state index contributed by atoms with van der Waals surface area (Å²) in [6.07, 6.45) is 1.96. The molecule has 1 fully saturated rings. The lowest BCUT2D eigenvalue weighted by Gasteiger charge is -2.22. The van der Waals surface area contributed by atoms with Crippen LogP contribution >= 0.6 is 0 Å². The van der Waals surface area contributed by atoms with Gasteiger partial charge < -0.3 is 9.80 Å². The van der Waals surface area contributed by atoms with Gasteiger partial charge in [0.2, 0.25) is 5.91 Å². The van der Waals surface area contributed by atoms with Crippen LogP contribution in [0.1, 0.15) is 16.8 Å². The number of amides is 2. The number of halogens is 1. The van der Waals surface area contributed by atoms with Crippen molar-refractivity contribution in [2.45, 2.75) is 13.0 Å². The Hall–Kier alpha value is -3.55. The van der Waals surface area contributed by atoms with E-state index in [-0.39, 0.29) is 29.5 Å². The van der Waals surface area contributed by atoms with Crippen molar-refractivity contribution in [2.75, 3.05) is 26.2 Å². The smallest absolute Gasteiger partial charge is 0.261 e. The molecule has 1 aromatic heterocycles. The molecule has 0 N–H and O–H groups in total. The maximum Gasteiger partial charge on any atom is 0.261 e. The van der Waals surface area contributed by atoms with E-state index >= 15 is 0 Å². The highest BCUT2D eigenvalue weighted by atomic mass is 19.1. The van der Waals surface area contributed by atoms with Gasteiger partial charge in [0.05, 0.1) is 22.8 Å². The first-order valence-electron chi connectivity index (χ1n) is 9.80. The van der Waals surface area contributed by atoms with E-state index < -0.39 is 5.82 Å². The fourth-order valence-electron chi connectivity index (χ4n) is 3.64. The predicted molar refractivity (Wildman–Crippen MR) is 110 cm³/mol. The Kier molecular flexibility index (Phi) is 5.56. The Balaban J connectivity index is 1.44. The fraction of sp³-hybridized carbons (Fsp3) is 0.273. The molecule has 30 heavy (non-hydrogen) atoms. The molecule has 0 radical (unpaired) electrons. The minimum Gasteiger partial charge on any atom is -0.339 e. The minimum atomic E-state index is -0.553. The van der Waals surface area contributed by atoms with Gasteiger partial charge >= 0.3 is 0 Å². The van der Waals surface area contributed by atoms with Crippen molar-refractivity contribution in [3.05, 3.63) is 76.6 Å². The highest BCUT2D eigenvalue weighted by molar-refractivity contribution is 5.94. The summed E-state index contributed by atoms with van der Waals surface area (Å²) in [6, 6.07) is 12.9. The zero-order valence-electron chi connectivity index (χ0n) is 16.3. The number of aromatic nitrogens is 2. The van der Waals surface area contributed by atoms with Crippen LogP contribution in [0.3, 0.4) is 0 Å². The van der Waals surface area contributed by atoms with Crippen LogP contribution in [0.2, 0.25) is 0 Å². The summed E-state index contributed by atoms with van der Waals surface area (Å²) in [5.41, 5.74) is 0.356. The number of fused-ring (bicyclic) bond motifs is 1. The van der Waals surface area contributed by atoms with E-state index in [9.17, 15) is 18.8 Å². The molecule has 2 amide bonds. The van der Waals surface area contributed by atoms with Crippen molar-refractivity contribution in [2.24, 2.45) is 0 Å². The normalized spacial score (nSPS) is 14.6. The summed E-state index contributed by atoms with van der Waals surface area (Å²) < 4.78 is 15.2. The second-order valence-electron chi connectivity index (χ2n) is 7.20. The average Bonchev–Trinajstić information content (AvgIpc) is 3.02.